The number of hydrogen-bond donors (Lipinski definition) is 0. The summed E-state index contributed by atoms with van der Waals surface area (Å²) in [5, 5.41) is 13.7. The molecular formula is C19H18N6S2. The predicted molar refractivity (Wildman–Crippen MR) is 109 cm³/mol. The van der Waals surface area contributed by atoms with Crippen LogP contribution in [-0.2, 0) is 13.0 Å². The average molecular weight is 395 g/mol. The number of thiophene rings is 1. The fourth-order valence-electron chi connectivity index (χ4n) is 2.68. The molecule has 6 nitrogen and oxygen atoms in total. The minimum atomic E-state index is 0.644. The van der Waals surface area contributed by atoms with Crippen LogP contribution in [-0.4, -0.2) is 29.7 Å². The summed E-state index contributed by atoms with van der Waals surface area (Å²) < 4.78 is 2.08. The van der Waals surface area contributed by atoms with Gasteiger partial charge in [-0.2, -0.15) is 0 Å². The maximum absolute atomic E-state index is 4.73. The normalized spacial score (nSPS) is 11.2. The summed E-state index contributed by atoms with van der Waals surface area (Å²) in [5.41, 5.74) is 2.01. The quantitative estimate of drug-likeness (QED) is 0.351. The van der Waals surface area contributed by atoms with E-state index >= 15 is 0 Å². The summed E-state index contributed by atoms with van der Waals surface area (Å²) >= 11 is 3.15. The lowest BCUT2D eigenvalue weighted by Gasteiger charge is -2.10. The molecular weight excluding hydrogens is 376 g/mol. The first-order valence-electron chi connectivity index (χ1n) is 8.55. The van der Waals surface area contributed by atoms with E-state index in [2.05, 4.69) is 44.3 Å². The Morgan fingerprint density at radius 1 is 1.19 bits per heavy atom. The van der Waals surface area contributed by atoms with Gasteiger partial charge in [-0.25, -0.2) is 9.97 Å². The van der Waals surface area contributed by atoms with Crippen LogP contribution in [0.2, 0.25) is 0 Å². The SMILES string of the molecule is C=C(C)Cn1c(Sc2nc(CC)nc3sccc23)nnc1-c1ccncc1. The highest BCUT2D eigenvalue weighted by molar-refractivity contribution is 7.99. The summed E-state index contributed by atoms with van der Waals surface area (Å²) in [6.45, 7) is 8.77. The van der Waals surface area contributed by atoms with E-state index in [4.69, 9.17) is 4.98 Å². The summed E-state index contributed by atoms with van der Waals surface area (Å²) in [6.07, 6.45) is 4.31. The number of aromatic nitrogens is 6. The van der Waals surface area contributed by atoms with Crippen molar-refractivity contribution >= 4 is 33.3 Å². The molecule has 136 valence electrons. The first-order chi connectivity index (χ1) is 13.2. The molecule has 0 saturated heterocycles. The fourth-order valence-corrected chi connectivity index (χ4v) is 4.47. The van der Waals surface area contributed by atoms with Gasteiger partial charge in [0.15, 0.2) is 11.0 Å². The molecule has 4 aromatic rings. The Labute approximate surface area is 165 Å². The van der Waals surface area contributed by atoms with Crippen LogP contribution in [0.25, 0.3) is 21.6 Å². The Morgan fingerprint density at radius 2 is 2.00 bits per heavy atom. The molecule has 0 unspecified atom stereocenters. The second kappa shape index (κ2) is 7.58. The van der Waals surface area contributed by atoms with Crippen LogP contribution in [0, 0.1) is 0 Å². The zero-order valence-electron chi connectivity index (χ0n) is 15.1. The molecule has 0 radical (unpaired) electrons. The fraction of sp³-hybridized carbons (Fsp3) is 0.211. The minimum Gasteiger partial charge on any atom is -0.298 e. The van der Waals surface area contributed by atoms with E-state index in [1.54, 1.807) is 23.7 Å². The topological polar surface area (TPSA) is 69.4 Å². The van der Waals surface area contributed by atoms with Gasteiger partial charge in [-0.1, -0.05) is 19.1 Å². The van der Waals surface area contributed by atoms with Crippen molar-refractivity contribution in [2.24, 2.45) is 0 Å². The summed E-state index contributed by atoms with van der Waals surface area (Å²) in [7, 11) is 0. The van der Waals surface area contributed by atoms with E-state index in [1.807, 2.05) is 24.4 Å². The number of pyridine rings is 1. The van der Waals surface area contributed by atoms with Crippen molar-refractivity contribution in [1.82, 2.24) is 29.7 Å². The molecule has 0 spiro atoms. The first kappa shape index (κ1) is 17.8. The maximum atomic E-state index is 4.73. The monoisotopic (exact) mass is 394 g/mol. The van der Waals surface area contributed by atoms with Crippen molar-refractivity contribution in [1.29, 1.82) is 0 Å². The van der Waals surface area contributed by atoms with E-state index in [0.29, 0.717) is 6.54 Å². The van der Waals surface area contributed by atoms with Crippen molar-refractivity contribution in [3.8, 4) is 11.4 Å². The third-order valence-electron chi connectivity index (χ3n) is 3.92. The van der Waals surface area contributed by atoms with Gasteiger partial charge in [0.25, 0.3) is 0 Å². The molecule has 0 aliphatic rings. The van der Waals surface area contributed by atoms with Gasteiger partial charge < -0.3 is 0 Å². The van der Waals surface area contributed by atoms with Crippen LogP contribution >= 0.6 is 23.1 Å². The molecule has 0 amide bonds. The largest absolute Gasteiger partial charge is 0.298 e. The number of fused-ring (bicyclic) bond motifs is 1. The van der Waals surface area contributed by atoms with Gasteiger partial charge in [-0.15, -0.1) is 21.5 Å². The van der Waals surface area contributed by atoms with E-state index in [9.17, 15) is 0 Å². The van der Waals surface area contributed by atoms with Crippen LogP contribution < -0.4 is 0 Å². The molecule has 4 heterocycles. The van der Waals surface area contributed by atoms with Crippen LogP contribution in [0.1, 0.15) is 19.7 Å². The highest BCUT2D eigenvalue weighted by Crippen LogP contribution is 2.34. The third kappa shape index (κ3) is 3.63. The molecule has 0 aliphatic heterocycles. The first-order valence-corrected chi connectivity index (χ1v) is 10.2. The molecule has 8 heteroatoms. The van der Waals surface area contributed by atoms with Gasteiger partial charge in [-0.3, -0.25) is 9.55 Å². The van der Waals surface area contributed by atoms with Gasteiger partial charge in [0.1, 0.15) is 15.7 Å². The second-order valence-electron chi connectivity index (χ2n) is 6.13. The highest BCUT2D eigenvalue weighted by atomic mass is 32.2. The summed E-state index contributed by atoms with van der Waals surface area (Å²) in [6, 6.07) is 5.93. The molecule has 4 rings (SSSR count). The molecule has 0 atom stereocenters. The maximum Gasteiger partial charge on any atom is 0.198 e. The molecule has 4 aromatic heterocycles. The van der Waals surface area contributed by atoms with E-state index < -0.39 is 0 Å². The Balaban J connectivity index is 1.80. The van der Waals surface area contributed by atoms with Gasteiger partial charge in [0.05, 0.1) is 0 Å². The van der Waals surface area contributed by atoms with E-state index in [0.717, 1.165) is 49.6 Å². The Hall–Kier alpha value is -2.58. The zero-order chi connectivity index (χ0) is 18.8. The van der Waals surface area contributed by atoms with E-state index in [1.165, 1.54) is 11.8 Å². The van der Waals surface area contributed by atoms with Gasteiger partial charge in [-0.05, 0) is 42.3 Å². The van der Waals surface area contributed by atoms with Crippen LogP contribution in [0.3, 0.4) is 0 Å². The predicted octanol–water partition coefficient (Wildman–Crippen LogP) is 4.63. The number of allylic oxidation sites excluding steroid dienone is 1. The Morgan fingerprint density at radius 3 is 2.74 bits per heavy atom. The highest BCUT2D eigenvalue weighted by Gasteiger charge is 2.18. The summed E-state index contributed by atoms with van der Waals surface area (Å²) in [5.74, 6) is 1.64. The average Bonchev–Trinajstić information content (AvgIpc) is 3.29. The van der Waals surface area contributed by atoms with Gasteiger partial charge in [0.2, 0.25) is 0 Å². The van der Waals surface area contributed by atoms with Crippen molar-refractivity contribution in [2.45, 2.75) is 37.0 Å². The molecule has 0 bridgehead atoms. The lowest BCUT2D eigenvalue weighted by Crippen LogP contribution is -2.04. The lowest BCUT2D eigenvalue weighted by atomic mass is 10.2. The molecule has 0 aromatic carbocycles. The Bertz CT molecular complexity index is 1100. The van der Waals surface area contributed by atoms with Crippen molar-refractivity contribution in [2.75, 3.05) is 0 Å². The third-order valence-corrected chi connectivity index (χ3v) is 5.72. The van der Waals surface area contributed by atoms with Gasteiger partial charge >= 0.3 is 0 Å². The summed E-state index contributed by atoms with van der Waals surface area (Å²) in [4.78, 5) is 14.4. The van der Waals surface area contributed by atoms with Crippen LogP contribution in [0.15, 0.2) is 58.3 Å². The smallest absolute Gasteiger partial charge is 0.198 e. The van der Waals surface area contributed by atoms with Crippen LogP contribution in [0.5, 0.6) is 0 Å². The standard InChI is InChI=1S/C19H18N6S2/c1-4-15-21-17-14(7-10-26-17)18(22-15)27-19-24-23-16(25(19)11-12(2)3)13-5-8-20-9-6-13/h5-10H,2,4,11H2,1,3H3. The minimum absolute atomic E-state index is 0.644. The number of rotatable bonds is 6. The number of hydrogen-bond acceptors (Lipinski definition) is 7. The molecule has 0 N–H and O–H groups in total. The molecule has 0 aliphatic carbocycles. The van der Waals surface area contributed by atoms with Crippen molar-refractivity contribution in [3.05, 3.63) is 53.9 Å². The zero-order valence-corrected chi connectivity index (χ0v) is 16.7. The molecule has 0 saturated carbocycles. The Kier molecular flexibility index (Phi) is 5.00. The molecule has 27 heavy (non-hydrogen) atoms. The van der Waals surface area contributed by atoms with Crippen LogP contribution in [0.4, 0.5) is 0 Å². The second-order valence-corrected chi connectivity index (χ2v) is 7.98. The molecule has 0 fully saturated rings. The number of aryl methyl sites for hydroxylation is 1. The number of nitrogens with zero attached hydrogens (tertiary/aromatic N) is 6. The lowest BCUT2D eigenvalue weighted by molar-refractivity contribution is 0.705. The van der Waals surface area contributed by atoms with Crippen molar-refractivity contribution in [3.63, 3.8) is 0 Å². The van der Waals surface area contributed by atoms with Crippen molar-refractivity contribution < 1.29 is 0 Å². The van der Waals surface area contributed by atoms with E-state index in [-0.39, 0.29) is 0 Å². The van der Waals surface area contributed by atoms with Gasteiger partial charge in [0, 0.05) is 36.3 Å².